The molecule has 0 saturated heterocycles. The maximum Gasteiger partial charge on any atom is 0.145 e. The maximum atomic E-state index is 8.53. The molecule has 1 N–H and O–H groups in total. The van der Waals surface area contributed by atoms with Crippen LogP contribution in [0.5, 0.6) is 0 Å². The molecule has 0 radical (unpaired) electrons. The van der Waals surface area contributed by atoms with Crippen LogP contribution in [0.2, 0.25) is 0 Å². The Kier molecular flexibility index (Phi) is 2.65. The van der Waals surface area contributed by atoms with Gasteiger partial charge in [-0.3, -0.25) is 0 Å². The zero-order valence-corrected chi connectivity index (χ0v) is 6.12. The summed E-state index contributed by atoms with van der Waals surface area (Å²) in [5, 5.41) is 8.53. The molecule has 0 heterocycles. The van der Waals surface area contributed by atoms with Crippen LogP contribution in [0.4, 0.5) is 0 Å². The van der Waals surface area contributed by atoms with Crippen LogP contribution in [0, 0.1) is 18.4 Å². The van der Waals surface area contributed by atoms with Gasteiger partial charge in [0.25, 0.3) is 0 Å². The smallest absolute Gasteiger partial charge is 0.145 e. The molecule has 0 bridgehead atoms. The van der Waals surface area contributed by atoms with Gasteiger partial charge >= 0.3 is 0 Å². The molecule has 0 aliphatic carbocycles. The van der Waals surface area contributed by atoms with Gasteiger partial charge in [-0.05, 0) is 12.1 Å². The highest BCUT2D eigenvalue weighted by atomic mass is 16.5. The predicted molar refractivity (Wildman–Crippen MR) is 42.4 cm³/mol. The molecular formula is C9H9NO. The highest BCUT2D eigenvalue weighted by Gasteiger charge is 1.93. The molecule has 1 rings (SSSR count). The molecule has 0 spiro atoms. The summed E-state index contributed by atoms with van der Waals surface area (Å²) in [5.74, 6) is 0. The van der Waals surface area contributed by atoms with E-state index in [-0.39, 0.29) is 0 Å². The van der Waals surface area contributed by atoms with E-state index in [1.165, 1.54) is 0 Å². The van der Waals surface area contributed by atoms with E-state index < -0.39 is 0 Å². The number of rotatable bonds is 2. The van der Waals surface area contributed by atoms with Gasteiger partial charge in [-0.15, -0.1) is 0 Å². The van der Waals surface area contributed by atoms with Crippen molar-refractivity contribution in [3.05, 3.63) is 42.5 Å². The van der Waals surface area contributed by atoms with Crippen LogP contribution in [0.15, 0.2) is 24.3 Å². The van der Waals surface area contributed by atoms with Gasteiger partial charge in [0, 0.05) is 5.56 Å². The highest BCUT2D eigenvalue weighted by molar-refractivity contribution is 5.32. The first kappa shape index (κ1) is 7.77. The minimum atomic E-state index is 0.579. The van der Waals surface area contributed by atoms with E-state index in [1.807, 2.05) is 18.2 Å². The minimum absolute atomic E-state index is 0.579. The minimum Gasteiger partial charge on any atom is -0.578 e. The van der Waals surface area contributed by atoms with Gasteiger partial charge < -0.3 is 4.74 Å². The lowest BCUT2D eigenvalue weighted by molar-refractivity contribution is 0.0400. The van der Waals surface area contributed by atoms with E-state index in [0.29, 0.717) is 12.2 Å². The fourth-order valence-corrected chi connectivity index (χ4v) is 0.868. The van der Waals surface area contributed by atoms with Crippen molar-refractivity contribution < 1.29 is 4.74 Å². The van der Waals surface area contributed by atoms with Crippen LogP contribution in [-0.2, 0) is 6.61 Å². The molecule has 0 saturated carbocycles. The second-order valence-corrected chi connectivity index (χ2v) is 2.19. The number of hydrogen-bond donors (Lipinski definition) is 0. The molecule has 0 aliphatic heterocycles. The SMILES string of the molecule is [CH2-][OH+]Cc1cccc(C#N)c1. The van der Waals surface area contributed by atoms with Gasteiger partial charge in [0.15, 0.2) is 0 Å². The third kappa shape index (κ3) is 2.06. The molecular weight excluding hydrogens is 138 g/mol. The Bertz CT molecular complexity index is 275. The van der Waals surface area contributed by atoms with Gasteiger partial charge in [-0.25, -0.2) is 0 Å². The Hall–Kier alpha value is -1.33. The lowest BCUT2D eigenvalue weighted by Gasteiger charge is -1.99. The molecule has 2 nitrogen and oxygen atoms in total. The van der Waals surface area contributed by atoms with Crippen molar-refractivity contribution in [2.75, 3.05) is 0 Å². The Balaban J connectivity index is 2.85. The first-order chi connectivity index (χ1) is 5.36. The van der Waals surface area contributed by atoms with Gasteiger partial charge in [0.2, 0.25) is 0 Å². The van der Waals surface area contributed by atoms with Gasteiger partial charge in [0.05, 0.1) is 11.6 Å². The largest absolute Gasteiger partial charge is 0.578 e. The molecule has 1 aromatic rings. The average molecular weight is 147 g/mol. The first-order valence-electron chi connectivity index (χ1n) is 3.28. The zero-order valence-electron chi connectivity index (χ0n) is 6.12. The van der Waals surface area contributed by atoms with Crippen LogP contribution < -0.4 is 0 Å². The van der Waals surface area contributed by atoms with E-state index in [0.717, 1.165) is 5.56 Å². The standard InChI is InChI=1S/C9H9NO/c1-11-7-9-4-2-3-8(5-9)6-10/h2-5,11H,1,7H2. The summed E-state index contributed by atoms with van der Waals surface area (Å²) in [6.45, 7) is 0.579. The highest BCUT2D eigenvalue weighted by Crippen LogP contribution is 2.03. The van der Waals surface area contributed by atoms with Crippen molar-refractivity contribution in [1.29, 1.82) is 5.26 Å². The molecule has 0 aromatic heterocycles. The van der Waals surface area contributed by atoms with Gasteiger partial charge in [-0.1, -0.05) is 19.2 Å². The summed E-state index contributed by atoms with van der Waals surface area (Å²) < 4.78 is 3.72. The molecule has 0 atom stereocenters. The third-order valence-electron chi connectivity index (χ3n) is 1.35. The van der Waals surface area contributed by atoms with Crippen molar-refractivity contribution in [3.63, 3.8) is 0 Å². The summed E-state index contributed by atoms with van der Waals surface area (Å²) in [7, 11) is 3.38. The maximum absolute atomic E-state index is 8.53. The van der Waals surface area contributed by atoms with E-state index >= 15 is 0 Å². The summed E-state index contributed by atoms with van der Waals surface area (Å²) >= 11 is 0. The van der Waals surface area contributed by atoms with E-state index in [9.17, 15) is 0 Å². The fourth-order valence-electron chi connectivity index (χ4n) is 0.868. The van der Waals surface area contributed by atoms with Gasteiger partial charge in [0.1, 0.15) is 6.61 Å². The number of aliphatic hydroxyl groups is 2. The van der Waals surface area contributed by atoms with E-state index in [2.05, 4.69) is 17.9 Å². The van der Waals surface area contributed by atoms with Gasteiger partial charge in [-0.2, -0.15) is 5.26 Å². The number of nitrogens with zero attached hydrogens (tertiary/aromatic N) is 1. The van der Waals surface area contributed by atoms with E-state index in [4.69, 9.17) is 5.26 Å². The van der Waals surface area contributed by atoms with Crippen LogP contribution in [0.25, 0.3) is 0 Å². The van der Waals surface area contributed by atoms with Crippen LogP contribution in [0.3, 0.4) is 0 Å². The average Bonchev–Trinajstić information content (AvgIpc) is 2.06. The van der Waals surface area contributed by atoms with Crippen LogP contribution in [-0.4, -0.2) is 4.74 Å². The quantitative estimate of drug-likeness (QED) is 0.460. The lowest BCUT2D eigenvalue weighted by Crippen LogP contribution is -1.89. The molecule has 11 heavy (non-hydrogen) atoms. The Morgan fingerprint density at radius 1 is 1.55 bits per heavy atom. The molecule has 0 unspecified atom stereocenters. The first-order valence-corrected chi connectivity index (χ1v) is 3.28. The summed E-state index contributed by atoms with van der Waals surface area (Å²) in [6.07, 6.45) is 0. The van der Waals surface area contributed by atoms with Crippen molar-refractivity contribution in [1.82, 2.24) is 0 Å². The van der Waals surface area contributed by atoms with Crippen molar-refractivity contribution in [2.45, 2.75) is 6.61 Å². The number of nitriles is 1. The summed E-state index contributed by atoms with van der Waals surface area (Å²) in [4.78, 5) is 0. The summed E-state index contributed by atoms with van der Waals surface area (Å²) in [5.41, 5.74) is 1.70. The molecule has 2 heteroatoms. The van der Waals surface area contributed by atoms with Crippen molar-refractivity contribution in [2.24, 2.45) is 0 Å². The fraction of sp³-hybridized carbons (Fsp3) is 0.111. The molecule has 1 aromatic carbocycles. The monoisotopic (exact) mass is 147 g/mol. The summed E-state index contributed by atoms with van der Waals surface area (Å²) in [6, 6.07) is 9.42. The molecule has 0 amide bonds. The van der Waals surface area contributed by atoms with Crippen LogP contribution >= 0.6 is 0 Å². The van der Waals surface area contributed by atoms with E-state index in [1.54, 1.807) is 6.07 Å². The number of benzene rings is 1. The molecule has 0 fully saturated rings. The third-order valence-corrected chi connectivity index (χ3v) is 1.35. The molecule has 0 aliphatic rings. The lowest BCUT2D eigenvalue weighted by atomic mass is 10.1. The molecule has 56 valence electrons. The second-order valence-electron chi connectivity index (χ2n) is 2.19. The number of ether oxygens (including phenoxy) is 1. The second kappa shape index (κ2) is 3.75. The van der Waals surface area contributed by atoms with Crippen molar-refractivity contribution in [3.8, 4) is 6.07 Å². The van der Waals surface area contributed by atoms with Crippen molar-refractivity contribution >= 4 is 0 Å². The number of hydrogen-bond acceptors (Lipinski definition) is 1. The topological polar surface area (TPSA) is 36.6 Å². The zero-order chi connectivity index (χ0) is 8.10. The van der Waals surface area contributed by atoms with Crippen LogP contribution in [0.1, 0.15) is 11.1 Å². The normalized spacial score (nSPS) is 9.09. The Morgan fingerprint density at radius 3 is 3.00 bits per heavy atom. The Morgan fingerprint density at radius 2 is 2.36 bits per heavy atom. The Labute approximate surface area is 66.0 Å². The predicted octanol–water partition coefficient (Wildman–Crippen LogP) is 1.38.